The number of benzene rings is 1. The van der Waals surface area contributed by atoms with Gasteiger partial charge in [-0.05, 0) is 30.7 Å². The molecule has 1 aliphatic rings. The van der Waals surface area contributed by atoms with Gasteiger partial charge in [-0.2, -0.15) is 0 Å². The van der Waals surface area contributed by atoms with Crippen LogP contribution in [-0.4, -0.2) is 37.0 Å². The van der Waals surface area contributed by atoms with Crippen LogP contribution < -0.4 is 10.6 Å². The molecule has 2 atom stereocenters. The van der Waals surface area contributed by atoms with E-state index in [1.54, 1.807) is 0 Å². The highest BCUT2D eigenvalue weighted by Crippen LogP contribution is 2.28. The summed E-state index contributed by atoms with van der Waals surface area (Å²) in [5.74, 6) is 0. The van der Waals surface area contributed by atoms with E-state index in [2.05, 4.69) is 33.8 Å². The number of nitrogens with two attached hydrogens (primary N) is 1. The third-order valence-electron chi connectivity index (χ3n) is 3.28. The van der Waals surface area contributed by atoms with E-state index in [0.29, 0.717) is 25.7 Å². The van der Waals surface area contributed by atoms with E-state index < -0.39 is 0 Å². The van der Waals surface area contributed by atoms with Gasteiger partial charge in [0.2, 0.25) is 0 Å². The van der Waals surface area contributed by atoms with Crippen molar-refractivity contribution in [3.8, 4) is 0 Å². The van der Waals surface area contributed by atoms with Crippen LogP contribution in [-0.2, 0) is 11.3 Å². The average Bonchev–Trinajstić information content (AvgIpc) is 2.39. The number of hydrogen-bond donors (Lipinski definition) is 2. The SMILES string of the molecule is CC1COC(CO)CN1c1ccc(Br)cc1CN. The topological polar surface area (TPSA) is 58.7 Å². The number of morpholine rings is 1. The molecule has 1 aromatic carbocycles. The van der Waals surface area contributed by atoms with E-state index in [-0.39, 0.29) is 12.7 Å². The lowest BCUT2D eigenvalue weighted by atomic mass is 10.1. The number of ether oxygens (including phenoxy) is 1. The van der Waals surface area contributed by atoms with Crippen molar-refractivity contribution in [2.75, 3.05) is 24.7 Å². The maximum absolute atomic E-state index is 9.23. The van der Waals surface area contributed by atoms with E-state index in [9.17, 15) is 5.11 Å². The summed E-state index contributed by atoms with van der Waals surface area (Å²) in [6.07, 6.45) is -0.115. The zero-order valence-electron chi connectivity index (χ0n) is 10.5. The molecule has 0 amide bonds. The van der Waals surface area contributed by atoms with Crippen LogP contribution >= 0.6 is 15.9 Å². The number of halogens is 1. The van der Waals surface area contributed by atoms with Gasteiger partial charge in [-0.25, -0.2) is 0 Å². The molecule has 5 heteroatoms. The van der Waals surface area contributed by atoms with Crippen LogP contribution in [0, 0.1) is 0 Å². The zero-order valence-corrected chi connectivity index (χ0v) is 12.1. The number of rotatable bonds is 3. The highest BCUT2D eigenvalue weighted by atomic mass is 79.9. The van der Waals surface area contributed by atoms with Gasteiger partial charge in [-0.1, -0.05) is 15.9 Å². The predicted molar refractivity (Wildman–Crippen MR) is 75.7 cm³/mol. The molecule has 18 heavy (non-hydrogen) atoms. The number of nitrogens with zero attached hydrogens (tertiary/aromatic N) is 1. The summed E-state index contributed by atoms with van der Waals surface area (Å²) in [7, 11) is 0. The highest BCUT2D eigenvalue weighted by Gasteiger charge is 2.26. The van der Waals surface area contributed by atoms with Gasteiger partial charge in [0, 0.05) is 29.3 Å². The Morgan fingerprint density at radius 1 is 1.56 bits per heavy atom. The quantitative estimate of drug-likeness (QED) is 0.887. The van der Waals surface area contributed by atoms with Crippen molar-refractivity contribution in [2.24, 2.45) is 5.73 Å². The second-order valence-corrected chi connectivity index (χ2v) is 5.53. The minimum Gasteiger partial charge on any atom is -0.394 e. The molecule has 2 unspecified atom stereocenters. The average molecular weight is 315 g/mol. The van der Waals surface area contributed by atoms with Gasteiger partial charge in [0.25, 0.3) is 0 Å². The largest absolute Gasteiger partial charge is 0.394 e. The van der Waals surface area contributed by atoms with Gasteiger partial charge in [0.15, 0.2) is 0 Å². The third kappa shape index (κ3) is 2.85. The maximum Gasteiger partial charge on any atom is 0.0981 e. The first-order valence-corrected chi connectivity index (χ1v) is 6.92. The van der Waals surface area contributed by atoms with Crippen LogP contribution in [0.25, 0.3) is 0 Å². The minimum atomic E-state index is -0.115. The fourth-order valence-electron chi connectivity index (χ4n) is 2.26. The first-order valence-electron chi connectivity index (χ1n) is 6.13. The fourth-order valence-corrected chi connectivity index (χ4v) is 2.67. The maximum atomic E-state index is 9.23. The molecule has 2 rings (SSSR count). The number of aliphatic hydroxyl groups is 1. The smallest absolute Gasteiger partial charge is 0.0981 e. The van der Waals surface area contributed by atoms with Crippen LogP contribution in [0.1, 0.15) is 12.5 Å². The molecular formula is C13H19BrN2O2. The van der Waals surface area contributed by atoms with Gasteiger partial charge in [-0.3, -0.25) is 0 Å². The lowest BCUT2D eigenvalue weighted by Gasteiger charge is -2.40. The van der Waals surface area contributed by atoms with Crippen molar-refractivity contribution in [3.05, 3.63) is 28.2 Å². The van der Waals surface area contributed by atoms with E-state index in [0.717, 1.165) is 15.7 Å². The molecule has 0 saturated carbocycles. The van der Waals surface area contributed by atoms with Gasteiger partial charge in [0.05, 0.1) is 19.3 Å². The lowest BCUT2D eigenvalue weighted by molar-refractivity contribution is -0.0103. The van der Waals surface area contributed by atoms with Gasteiger partial charge >= 0.3 is 0 Å². The molecule has 1 aliphatic heterocycles. The Morgan fingerprint density at radius 2 is 2.33 bits per heavy atom. The van der Waals surface area contributed by atoms with Crippen molar-refractivity contribution >= 4 is 21.6 Å². The summed E-state index contributed by atoms with van der Waals surface area (Å²) in [6.45, 7) is 4.01. The first-order chi connectivity index (χ1) is 8.65. The highest BCUT2D eigenvalue weighted by molar-refractivity contribution is 9.10. The summed E-state index contributed by atoms with van der Waals surface area (Å²) < 4.78 is 6.59. The van der Waals surface area contributed by atoms with Crippen molar-refractivity contribution in [2.45, 2.75) is 25.6 Å². The summed E-state index contributed by atoms with van der Waals surface area (Å²) in [5.41, 5.74) is 8.05. The van der Waals surface area contributed by atoms with E-state index in [4.69, 9.17) is 10.5 Å². The third-order valence-corrected chi connectivity index (χ3v) is 3.77. The molecule has 0 radical (unpaired) electrons. The molecule has 0 aliphatic carbocycles. The van der Waals surface area contributed by atoms with E-state index in [1.807, 2.05) is 12.1 Å². The molecule has 3 N–H and O–H groups in total. The molecule has 1 fully saturated rings. The fraction of sp³-hybridized carbons (Fsp3) is 0.538. The second-order valence-electron chi connectivity index (χ2n) is 4.62. The van der Waals surface area contributed by atoms with E-state index in [1.165, 1.54) is 0 Å². The standard InChI is InChI=1S/C13H19BrN2O2/c1-9-8-18-12(7-17)6-16(9)13-3-2-11(14)4-10(13)5-15/h2-4,9,12,17H,5-8,15H2,1H3. The van der Waals surface area contributed by atoms with Crippen molar-refractivity contribution in [3.63, 3.8) is 0 Å². The Balaban J connectivity index is 2.28. The molecule has 1 saturated heterocycles. The van der Waals surface area contributed by atoms with Gasteiger partial charge < -0.3 is 20.5 Å². The summed E-state index contributed by atoms with van der Waals surface area (Å²) in [6, 6.07) is 6.43. The number of aliphatic hydroxyl groups excluding tert-OH is 1. The first kappa shape index (κ1) is 13.8. The number of hydrogen-bond acceptors (Lipinski definition) is 4. The molecule has 0 bridgehead atoms. The normalized spacial score (nSPS) is 24.3. The zero-order chi connectivity index (χ0) is 13.1. The van der Waals surface area contributed by atoms with Crippen LogP contribution in [0.3, 0.4) is 0 Å². The van der Waals surface area contributed by atoms with E-state index >= 15 is 0 Å². The van der Waals surface area contributed by atoms with Crippen LogP contribution in [0.15, 0.2) is 22.7 Å². The van der Waals surface area contributed by atoms with Crippen LogP contribution in [0.2, 0.25) is 0 Å². The van der Waals surface area contributed by atoms with Crippen molar-refractivity contribution in [1.29, 1.82) is 0 Å². The predicted octanol–water partition coefficient (Wildman–Crippen LogP) is 1.49. The molecule has 1 aromatic rings. The minimum absolute atomic E-state index is 0.0533. The molecule has 1 heterocycles. The number of anilines is 1. The van der Waals surface area contributed by atoms with Crippen molar-refractivity contribution < 1.29 is 9.84 Å². The van der Waals surface area contributed by atoms with Gasteiger partial charge in [-0.15, -0.1) is 0 Å². The van der Waals surface area contributed by atoms with Crippen LogP contribution in [0.4, 0.5) is 5.69 Å². The monoisotopic (exact) mass is 314 g/mol. The summed E-state index contributed by atoms with van der Waals surface area (Å²) >= 11 is 3.46. The summed E-state index contributed by atoms with van der Waals surface area (Å²) in [4.78, 5) is 2.26. The Morgan fingerprint density at radius 3 is 3.00 bits per heavy atom. The lowest BCUT2D eigenvalue weighted by Crippen LogP contribution is -2.50. The summed E-state index contributed by atoms with van der Waals surface area (Å²) in [5, 5.41) is 9.23. The molecule has 0 aromatic heterocycles. The Bertz CT molecular complexity index is 414. The molecule has 100 valence electrons. The van der Waals surface area contributed by atoms with Gasteiger partial charge in [0.1, 0.15) is 0 Å². The second kappa shape index (κ2) is 6.02. The Labute approximate surface area is 116 Å². The molecule has 0 spiro atoms. The Hall–Kier alpha value is -0.620. The molecular weight excluding hydrogens is 296 g/mol. The van der Waals surface area contributed by atoms with Crippen molar-refractivity contribution in [1.82, 2.24) is 0 Å². The van der Waals surface area contributed by atoms with Crippen LogP contribution in [0.5, 0.6) is 0 Å². The molecule has 4 nitrogen and oxygen atoms in total. The Kier molecular flexibility index (Phi) is 4.61.